The van der Waals surface area contributed by atoms with E-state index in [0.29, 0.717) is 6.07 Å². The zero-order chi connectivity index (χ0) is 15.5. The molecule has 1 aromatic rings. The van der Waals surface area contributed by atoms with Crippen molar-refractivity contribution in [3.8, 4) is 0 Å². The first-order valence-electron chi connectivity index (χ1n) is 5.30. The maximum Gasteiger partial charge on any atom is 0.416 e. The molecule has 110 valence electrons. The summed E-state index contributed by atoms with van der Waals surface area (Å²) in [4.78, 5) is 22.2. The van der Waals surface area contributed by atoms with E-state index in [1.807, 2.05) is 0 Å². The molecule has 0 fully saturated rings. The van der Waals surface area contributed by atoms with Crippen molar-refractivity contribution in [2.24, 2.45) is 0 Å². The molecule has 1 rings (SSSR count). The molecule has 6 nitrogen and oxygen atoms in total. The molecule has 0 radical (unpaired) electrons. The number of likely N-dealkylation sites (N-methyl/N-ethyl adjacent to an activating group) is 1. The molecule has 0 aliphatic rings. The number of esters is 1. The van der Waals surface area contributed by atoms with Gasteiger partial charge in [-0.05, 0) is 12.1 Å². The summed E-state index contributed by atoms with van der Waals surface area (Å²) in [5, 5.41) is 10.9. The van der Waals surface area contributed by atoms with Crippen molar-refractivity contribution in [3.05, 3.63) is 33.9 Å². The van der Waals surface area contributed by atoms with Crippen LogP contribution >= 0.6 is 0 Å². The van der Waals surface area contributed by atoms with Gasteiger partial charge in [0.1, 0.15) is 12.2 Å². The van der Waals surface area contributed by atoms with Gasteiger partial charge in [0, 0.05) is 13.1 Å². The number of hydrogen-bond acceptors (Lipinski definition) is 5. The largest absolute Gasteiger partial charge is 0.468 e. The lowest BCUT2D eigenvalue weighted by atomic mass is 10.1. The minimum atomic E-state index is -4.68. The molecule has 0 aliphatic carbocycles. The average Bonchev–Trinajstić information content (AvgIpc) is 2.36. The van der Waals surface area contributed by atoms with Crippen LogP contribution in [-0.2, 0) is 15.7 Å². The summed E-state index contributed by atoms with van der Waals surface area (Å²) in [5.74, 6) is -0.665. The van der Waals surface area contributed by atoms with Crippen molar-refractivity contribution >= 4 is 17.3 Å². The number of nitrogens with zero attached hydrogens (tertiary/aromatic N) is 2. The van der Waals surface area contributed by atoms with Gasteiger partial charge in [-0.25, -0.2) is 0 Å². The van der Waals surface area contributed by atoms with Crippen LogP contribution in [0.2, 0.25) is 0 Å². The number of carbonyl (C=O) groups excluding carboxylic acids is 1. The number of halogens is 3. The van der Waals surface area contributed by atoms with Crippen molar-refractivity contribution < 1.29 is 27.6 Å². The summed E-state index contributed by atoms with van der Waals surface area (Å²) in [6, 6.07) is 2.10. The Balaban J connectivity index is 3.20. The molecule has 0 N–H and O–H groups in total. The van der Waals surface area contributed by atoms with Gasteiger partial charge in [0.15, 0.2) is 0 Å². The van der Waals surface area contributed by atoms with Gasteiger partial charge >= 0.3 is 12.1 Å². The van der Waals surface area contributed by atoms with Gasteiger partial charge in [0.05, 0.1) is 17.6 Å². The topological polar surface area (TPSA) is 72.7 Å². The van der Waals surface area contributed by atoms with E-state index in [4.69, 9.17) is 0 Å². The van der Waals surface area contributed by atoms with E-state index in [0.717, 1.165) is 24.1 Å². The number of alkyl halides is 3. The van der Waals surface area contributed by atoms with Crippen LogP contribution in [0.5, 0.6) is 0 Å². The van der Waals surface area contributed by atoms with Crippen molar-refractivity contribution in [1.29, 1.82) is 0 Å². The van der Waals surface area contributed by atoms with Gasteiger partial charge < -0.3 is 9.64 Å². The number of nitro benzene ring substituents is 1. The predicted molar refractivity (Wildman–Crippen MR) is 63.4 cm³/mol. The van der Waals surface area contributed by atoms with E-state index >= 15 is 0 Å². The van der Waals surface area contributed by atoms with Crippen LogP contribution in [0.25, 0.3) is 0 Å². The standard InChI is InChI=1S/C11H11F3N2O4/c1-15(6-10(17)20-2)8-4-3-7(11(12,13)14)5-9(8)16(18)19/h3-5H,6H2,1-2H3. The third-order valence-corrected chi connectivity index (χ3v) is 2.50. The zero-order valence-corrected chi connectivity index (χ0v) is 10.6. The van der Waals surface area contributed by atoms with Crippen molar-refractivity contribution in [3.63, 3.8) is 0 Å². The van der Waals surface area contributed by atoms with Gasteiger partial charge in [0.2, 0.25) is 0 Å². The molecule has 0 amide bonds. The molecule has 9 heteroatoms. The third-order valence-electron chi connectivity index (χ3n) is 2.50. The Hall–Kier alpha value is -2.32. The summed E-state index contributed by atoms with van der Waals surface area (Å²) in [6.07, 6.45) is -4.68. The molecular weight excluding hydrogens is 281 g/mol. The van der Waals surface area contributed by atoms with E-state index in [1.54, 1.807) is 0 Å². The smallest absolute Gasteiger partial charge is 0.416 e. The first-order valence-corrected chi connectivity index (χ1v) is 5.30. The Bertz CT molecular complexity index is 531. The number of carbonyl (C=O) groups is 1. The second-order valence-corrected chi connectivity index (χ2v) is 3.89. The highest BCUT2D eigenvalue weighted by Crippen LogP contribution is 2.36. The SMILES string of the molecule is COC(=O)CN(C)c1ccc(C(F)(F)F)cc1[N+](=O)[O-]. The molecule has 0 spiro atoms. The summed E-state index contributed by atoms with van der Waals surface area (Å²) in [5.41, 5.74) is -1.96. The Morgan fingerprint density at radius 2 is 2.05 bits per heavy atom. The molecule has 0 aliphatic heterocycles. The number of benzene rings is 1. The lowest BCUT2D eigenvalue weighted by molar-refractivity contribution is -0.384. The zero-order valence-electron chi connectivity index (χ0n) is 10.6. The molecule has 0 heterocycles. The number of hydrogen-bond donors (Lipinski definition) is 0. The molecule has 0 saturated heterocycles. The number of methoxy groups -OCH3 is 1. The van der Waals surface area contributed by atoms with Crippen molar-refractivity contribution in [2.75, 3.05) is 25.6 Å². The number of nitro groups is 1. The van der Waals surface area contributed by atoms with Crippen LogP contribution in [0.15, 0.2) is 18.2 Å². The number of rotatable bonds is 4. The highest BCUT2D eigenvalue weighted by Gasteiger charge is 2.33. The summed E-state index contributed by atoms with van der Waals surface area (Å²) < 4.78 is 41.9. The van der Waals surface area contributed by atoms with Crippen LogP contribution in [-0.4, -0.2) is 31.6 Å². The molecule has 0 aromatic heterocycles. The normalized spacial score (nSPS) is 11.1. The van der Waals surface area contributed by atoms with Crippen LogP contribution < -0.4 is 4.90 Å². The maximum absolute atomic E-state index is 12.5. The Kier molecular flexibility index (Phi) is 4.53. The predicted octanol–water partition coefficient (Wildman–Crippen LogP) is 2.22. The van der Waals surface area contributed by atoms with E-state index < -0.39 is 28.3 Å². The van der Waals surface area contributed by atoms with Gasteiger partial charge in [-0.1, -0.05) is 0 Å². The van der Waals surface area contributed by atoms with Gasteiger partial charge in [-0.3, -0.25) is 14.9 Å². The van der Waals surface area contributed by atoms with E-state index in [1.165, 1.54) is 7.05 Å². The van der Waals surface area contributed by atoms with Crippen LogP contribution in [0.4, 0.5) is 24.5 Å². The molecule has 0 bridgehead atoms. The Labute approximate surface area is 111 Å². The van der Waals surface area contributed by atoms with Crippen LogP contribution in [0, 0.1) is 10.1 Å². The lowest BCUT2D eigenvalue weighted by Gasteiger charge is -2.18. The van der Waals surface area contributed by atoms with Crippen molar-refractivity contribution in [2.45, 2.75) is 6.18 Å². The minimum absolute atomic E-state index is 0.103. The fourth-order valence-corrected chi connectivity index (χ4v) is 1.51. The second-order valence-electron chi connectivity index (χ2n) is 3.89. The Morgan fingerprint density at radius 3 is 2.50 bits per heavy atom. The molecule has 0 saturated carbocycles. The summed E-state index contributed by atoms with van der Waals surface area (Å²) in [7, 11) is 2.48. The minimum Gasteiger partial charge on any atom is -0.468 e. The quantitative estimate of drug-likeness (QED) is 0.483. The highest BCUT2D eigenvalue weighted by molar-refractivity contribution is 5.77. The van der Waals surface area contributed by atoms with Crippen molar-refractivity contribution in [1.82, 2.24) is 0 Å². The number of anilines is 1. The number of ether oxygens (including phenoxy) is 1. The van der Waals surface area contributed by atoms with Gasteiger partial charge in [-0.2, -0.15) is 13.2 Å². The molecule has 0 atom stereocenters. The Morgan fingerprint density at radius 1 is 1.45 bits per heavy atom. The first-order chi connectivity index (χ1) is 9.16. The summed E-state index contributed by atoms with van der Waals surface area (Å²) >= 11 is 0. The molecular formula is C11H11F3N2O4. The van der Waals surface area contributed by atoms with Crippen LogP contribution in [0.1, 0.15) is 5.56 Å². The third kappa shape index (κ3) is 3.59. The molecule has 0 unspecified atom stereocenters. The summed E-state index contributed by atoms with van der Waals surface area (Å²) in [6.45, 7) is -0.317. The van der Waals surface area contributed by atoms with Gasteiger partial charge in [-0.15, -0.1) is 0 Å². The van der Waals surface area contributed by atoms with Gasteiger partial charge in [0.25, 0.3) is 5.69 Å². The van der Waals surface area contributed by atoms with Crippen LogP contribution in [0.3, 0.4) is 0 Å². The molecule has 1 aromatic carbocycles. The van der Waals surface area contributed by atoms with E-state index in [2.05, 4.69) is 4.74 Å². The first kappa shape index (κ1) is 15.7. The fourth-order valence-electron chi connectivity index (χ4n) is 1.51. The molecule has 20 heavy (non-hydrogen) atoms. The second kappa shape index (κ2) is 5.76. The lowest BCUT2D eigenvalue weighted by Crippen LogP contribution is -2.27. The highest BCUT2D eigenvalue weighted by atomic mass is 19.4. The average molecular weight is 292 g/mol. The monoisotopic (exact) mass is 292 g/mol. The van der Waals surface area contributed by atoms with E-state index in [9.17, 15) is 28.1 Å². The van der Waals surface area contributed by atoms with E-state index in [-0.39, 0.29) is 12.2 Å². The fraction of sp³-hybridized carbons (Fsp3) is 0.364. The maximum atomic E-state index is 12.5.